The summed E-state index contributed by atoms with van der Waals surface area (Å²) >= 11 is 8.78. The molecule has 140 valence electrons. The fraction of sp³-hybridized carbons (Fsp3) is 0.200. The van der Waals surface area contributed by atoms with Crippen molar-refractivity contribution in [2.45, 2.75) is 19.9 Å². The van der Waals surface area contributed by atoms with Crippen LogP contribution in [-0.2, 0) is 4.79 Å². The lowest BCUT2D eigenvalue weighted by molar-refractivity contribution is -0.113. The molecule has 0 spiro atoms. The van der Waals surface area contributed by atoms with Gasteiger partial charge in [-0.15, -0.1) is 0 Å². The number of para-hydroxylation sites is 2. The molecule has 0 bridgehead atoms. The van der Waals surface area contributed by atoms with Gasteiger partial charge >= 0.3 is 0 Å². The highest BCUT2D eigenvalue weighted by Gasteiger charge is 2.30. The molecule has 3 rings (SSSR count). The van der Waals surface area contributed by atoms with Gasteiger partial charge in [-0.25, -0.2) is 0 Å². The van der Waals surface area contributed by atoms with Gasteiger partial charge in [-0.3, -0.25) is 4.79 Å². The summed E-state index contributed by atoms with van der Waals surface area (Å²) in [6.07, 6.45) is 0. The Morgan fingerprint density at radius 1 is 1.26 bits per heavy atom. The van der Waals surface area contributed by atoms with E-state index in [2.05, 4.69) is 31.9 Å². The predicted molar refractivity (Wildman–Crippen MR) is 115 cm³/mol. The number of allylic oxidation sites excluding steroid dienone is 1. The third-order valence-electron chi connectivity index (χ3n) is 4.13. The Labute approximate surface area is 172 Å². The van der Waals surface area contributed by atoms with Crippen molar-refractivity contribution in [2.24, 2.45) is 0 Å². The van der Waals surface area contributed by atoms with Crippen LogP contribution in [-0.4, -0.2) is 17.6 Å². The smallest absolute Gasteiger partial charge is 0.255 e. The number of amides is 1. The maximum atomic E-state index is 13.2. The Hall–Kier alpha value is -2.38. The molecule has 0 saturated heterocycles. The Morgan fingerprint density at radius 2 is 2.04 bits per heavy atom. The second kappa shape index (κ2) is 8.54. The highest BCUT2D eigenvalue weighted by atomic mass is 79.9. The Kier molecular flexibility index (Phi) is 6.13. The molecule has 1 amide bonds. The normalized spacial score (nSPS) is 16.4. The Morgan fingerprint density at radius 3 is 2.78 bits per heavy atom. The molecular weight excluding hydrogens is 426 g/mol. The molecule has 2 aromatic rings. The summed E-state index contributed by atoms with van der Waals surface area (Å²) in [5, 5.41) is 9.70. The number of rotatable bonds is 5. The number of anilines is 1. The van der Waals surface area contributed by atoms with Gasteiger partial charge < -0.3 is 20.7 Å². The van der Waals surface area contributed by atoms with E-state index < -0.39 is 0 Å². The minimum Gasteiger partial charge on any atom is -0.492 e. The number of nitrogens with one attached hydrogen (secondary N) is 3. The van der Waals surface area contributed by atoms with Gasteiger partial charge in [0.2, 0.25) is 0 Å². The minimum absolute atomic E-state index is 0.216. The summed E-state index contributed by atoms with van der Waals surface area (Å²) < 4.78 is 6.54. The van der Waals surface area contributed by atoms with Gasteiger partial charge in [0.05, 0.1) is 23.9 Å². The van der Waals surface area contributed by atoms with E-state index in [0.717, 1.165) is 15.7 Å². The molecular formula is C20H20BrN3O2S. The summed E-state index contributed by atoms with van der Waals surface area (Å²) in [5.41, 5.74) is 2.87. The largest absolute Gasteiger partial charge is 0.492 e. The highest BCUT2D eigenvalue weighted by molar-refractivity contribution is 9.10. The average Bonchev–Trinajstić information content (AvgIpc) is 2.63. The van der Waals surface area contributed by atoms with Crippen molar-refractivity contribution in [3.05, 3.63) is 69.8 Å². The van der Waals surface area contributed by atoms with E-state index in [1.54, 1.807) is 0 Å². The van der Waals surface area contributed by atoms with Gasteiger partial charge in [0.1, 0.15) is 5.75 Å². The third-order valence-corrected chi connectivity index (χ3v) is 4.84. The highest BCUT2D eigenvalue weighted by Crippen LogP contribution is 2.31. The van der Waals surface area contributed by atoms with Crippen LogP contribution in [0.25, 0.3) is 0 Å². The molecule has 1 unspecified atom stereocenters. The number of hydrogen-bond donors (Lipinski definition) is 3. The first kappa shape index (κ1) is 19.4. The summed E-state index contributed by atoms with van der Waals surface area (Å²) in [6, 6.07) is 14.8. The van der Waals surface area contributed by atoms with Crippen molar-refractivity contribution in [1.82, 2.24) is 10.6 Å². The molecule has 5 nitrogen and oxygen atoms in total. The van der Waals surface area contributed by atoms with Crippen LogP contribution in [0, 0.1) is 0 Å². The number of carbonyl (C=O) groups excluding carboxylic acids is 1. The zero-order valence-electron chi connectivity index (χ0n) is 15.0. The second-order valence-corrected chi connectivity index (χ2v) is 7.33. The van der Waals surface area contributed by atoms with Crippen molar-refractivity contribution in [2.75, 3.05) is 11.9 Å². The molecule has 2 aromatic carbocycles. The Bertz CT molecular complexity index is 914. The average molecular weight is 446 g/mol. The molecule has 0 aromatic heterocycles. The first-order chi connectivity index (χ1) is 13.0. The van der Waals surface area contributed by atoms with Crippen LogP contribution in [0.15, 0.2) is 64.3 Å². The molecule has 3 N–H and O–H groups in total. The van der Waals surface area contributed by atoms with Crippen LogP contribution >= 0.6 is 28.1 Å². The van der Waals surface area contributed by atoms with Crippen LogP contribution in [0.4, 0.5) is 5.69 Å². The number of thiocarbonyl (C=S) groups is 1. The summed E-state index contributed by atoms with van der Waals surface area (Å²) in [6.45, 7) is 4.28. The van der Waals surface area contributed by atoms with E-state index >= 15 is 0 Å². The van der Waals surface area contributed by atoms with Gasteiger partial charge in [-0.2, -0.15) is 0 Å². The van der Waals surface area contributed by atoms with E-state index in [1.807, 2.05) is 62.4 Å². The van der Waals surface area contributed by atoms with Gasteiger partial charge in [-0.1, -0.05) is 40.2 Å². The topological polar surface area (TPSA) is 62.4 Å². The van der Waals surface area contributed by atoms with E-state index in [4.69, 9.17) is 17.0 Å². The Balaban J connectivity index is 1.95. The van der Waals surface area contributed by atoms with E-state index in [1.165, 1.54) is 0 Å². The fourth-order valence-electron chi connectivity index (χ4n) is 2.97. The fourth-order valence-corrected chi connectivity index (χ4v) is 3.66. The molecule has 0 saturated carbocycles. The predicted octanol–water partition coefficient (Wildman–Crippen LogP) is 4.28. The van der Waals surface area contributed by atoms with Crippen LogP contribution in [0.1, 0.15) is 25.5 Å². The van der Waals surface area contributed by atoms with Crippen LogP contribution < -0.4 is 20.7 Å². The van der Waals surface area contributed by atoms with Gasteiger partial charge in [-0.05, 0) is 55.9 Å². The number of benzene rings is 2. The number of halogens is 1. The lowest BCUT2D eigenvalue weighted by Crippen LogP contribution is -2.45. The third kappa shape index (κ3) is 4.48. The van der Waals surface area contributed by atoms with Crippen LogP contribution in [0.2, 0.25) is 0 Å². The molecule has 0 aliphatic carbocycles. The summed E-state index contributed by atoms with van der Waals surface area (Å²) in [5.74, 6) is 0.421. The van der Waals surface area contributed by atoms with E-state index in [-0.39, 0.29) is 11.9 Å². The molecule has 27 heavy (non-hydrogen) atoms. The van der Waals surface area contributed by atoms with Crippen molar-refractivity contribution < 1.29 is 9.53 Å². The summed E-state index contributed by atoms with van der Waals surface area (Å²) in [4.78, 5) is 13.2. The quantitative estimate of drug-likeness (QED) is 0.599. The lowest BCUT2D eigenvalue weighted by Gasteiger charge is -2.30. The lowest BCUT2D eigenvalue weighted by atomic mass is 9.95. The molecule has 1 aliphatic heterocycles. The van der Waals surface area contributed by atoms with Gasteiger partial charge in [0.25, 0.3) is 5.91 Å². The van der Waals surface area contributed by atoms with Crippen molar-refractivity contribution in [3.8, 4) is 5.75 Å². The van der Waals surface area contributed by atoms with E-state index in [9.17, 15) is 4.79 Å². The first-order valence-corrected chi connectivity index (χ1v) is 9.76. The first-order valence-electron chi connectivity index (χ1n) is 8.56. The number of ether oxygens (including phenoxy) is 1. The molecule has 0 fully saturated rings. The molecule has 1 aliphatic rings. The maximum absolute atomic E-state index is 13.2. The van der Waals surface area contributed by atoms with Crippen molar-refractivity contribution in [1.29, 1.82) is 0 Å². The molecule has 1 atom stereocenters. The van der Waals surface area contributed by atoms with Gasteiger partial charge in [0, 0.05) is 10.2 Å². The second-order valence-electron chi connectivity index (χ2n) is 6.01. The SMILES string of the molecule is CCOc1ccccc1NC(=O)C1=C(C)NC(=S)NC1c1cccc(Br)c1. The maximum Gasteiger partial charge on any atom is 0.255 e. The monoisotopic (exact) mass is 445 g/mol. The van der Waals surface area contributed by atoms with E-state index in [0.29, 0.717) is 28.7 Å². The van der Waals surface area contributed by atoms with Crippen LogP contribution in [0.5, 0.6) is 5.75 Å². The molecule has 7 heteroatoms. The van der Waals surface area contributed by atoms with Crippen molar-refractivity contribution in [3.63, 3.8) is 0 Å². The molecule has 1 heterocycles. The number of carbonyl (C=O) groups is 1. The zero-order chi connectivity index (χ0) is 19.4. The number of hydrogen-bond acceptors (Lipinski definition) is 3. The minimum atomic E-state index is -0.351. The summed E-state index contributed by atoms with van der Waals surface area (Å²) in [7, 11) is 0. The van der Waals surface area contributed by atoms with Crippen molar-refractivity contribution >= 4 is 44.9 Å². The zero-order valence-corrected chi connectivity index (χ0v) is 17.4. The van der Waals surface area contributed by atoms with Crippen LogP contribution in [0.3, 0.4) is 0 Å². The standard InChI is InChI=1S/C20H20BrN3O2S/c1-3-26-16-10-5-4-9-15(16)23-19(25)17-12(2)22-20(27)24-18(17)13-7-6-8-14(21)11-13/h4-11,18H,3H2,1-2H3,(H,23,25)(H2,22,24,27). The van der Waals surface area contributed by atoms with Gasteiger partial charge in [0.15, 0.2) is 5.11 Å². The molecule has 0 radical (unpaired) electrons.